The van der Waals surface area contributed by atoms with Crippen LogP contribution in [0.2, 0.25) is 18.1 Å². The van der Waals surface area contributed by atoms with Crippen molar-refractivity contribution in [3.63, 3.8) is 0 Å². The van der Waals surface area contributed by atoms with Crippen LogP contribution in [0.1, 0.15) is 64.0 Å². The summed E-state index contributed by atoms with van der Waals surface area (Å²) in [6.07, 6.45) is 3.19. The van der Waals surface area contributed by atoms with Crippen molar-refractivity contribution < 1.29 is 28.1 Å². The zero-order valence-electron chi connectivity index (χ0n) is 24.0. The van der Waals surface area contributed by atoms with E-state index in [1.54, 1.807) is 14.2 Å². The molecule has 2 unspecified atom stereocenters. The summed E-state index contributed by atoms with van der Waals surface area (Å²) in [5, 5.41) is 0.229. The molecule has 0 saturated carbocycles. The fourth-order valence-corrected chi connectivity index (χ4v) is 5.72. The minimum absolute atomic E-state index is 0.179. The third-order valence-corrected chi connectivity index (χ3v) is 12.6. The molecule has 1 aliphatic heterocycles. The third kappa shape index (κ3) is 7.28. The van der Waals surface area contributed by atoms with Crippen LogP contribution in [0.15, 0.2) is 42.5 Å². The van der Waals surface area contributed by atoms with E-state index >= 15 is 0 Å². The van der Waals surface area contributed by atoms with Crippen LogP contribution in [0.5, 0.6) is 17.2 Å². The van der Waals surface area contributed by atoms with E-state index in [9.17, 15) is 0 Å². The van der Waals surface area contributed by atoms with Crippen LogP contribution in [0.25, 0.3) is 0 Å². The van der Waals surface area contributed by atoms with E-state index in [0.29, 0.717) is 12.5 Å². The van der Waals surface area contributed by atoms with E-state index in [0.717, 1.165) is 43.1 Å². The highest BCUT2D eigenvalue weighted by Gasteiger charge is 2.42. The van der Waals surface area contributed by atoms with Gasteiger partial charge in [0.2, 0.25) is 0 Å². The maximum atomic E-state index is 6.45. The van der Waals surface area contributed by atoms with Gasteiger partial charge in [0.15, 0.2) is 21.9 Å². The lowest BCUT2D eigenvalue weighted by atomic mass is 9.66. The van der Waals surface area contributed by atoms with Crippen LogP contribution >= 0.6 is 0 Å². The molecule has 0 aromatic heterocycles. The fraction of sp³-hybridized carbons (Fsp3) is 0.600. The van der Waals surface area contributed by atoms with Gasteiger partial charge in [-0.05, 0) is 60.3 Å². The molecule has 0 aliphatic carbocycles. The second-order valence-electron chi connectivity index (χ2n) is 11.7. The summed E-state index contributed by atoms with van der Waals surface area (Å²) in [7, 11) is 1.52. The molecule has 206 valence electrons. The molecule has 7 heteroatoms. The van der Waals surface area contributed by atoms with Crippen molar-refractivity contribution in [1.29, 1.82) is 0 Å². The molecule has 3 rings (SSSR count). The van der Waals surface area contributed by atoms with Gasteiger partial charge >= 0.3 is 0 Å². The summed E-state index contributed by atoms with van der Waals surface area (Å²) in [5.74, 6) is 2.75. The topological polar surface area (TPSA) is 55.4 Å². The summed E-state index contributed by atoms with van der Waals surface area (Å²) < 4.78 is 34.2. The summed E-state index contributed by atoms with van der Waals surface area (Å²) in [5.41, 5.74) is 2.29. The van der Waals surface area contributed by atoms with Crippen molar-refractivity contribution in [2.24, 2.45) is 0 Å². The van der Waals surface area contributed by atoms with Crippen molar-refractivity contribution in [3.05, 3.63) is 53.6 Å². The molecule has 0 bridgehead atoms. The van der Waals surface area contributed by atoms with Gasteiger partial charge in [0.25, 0.3) is 0 Å². The van der Waals surface area contributed by atoms with Gasteiger partial charge in [-0.1, -0.05) is 52.3 Å². The van der Waals surface area contributed by atoms with Gasteiger partial charge in [-0.3, -0.25) is 0 Å². The Bertz CT molecular complexity index is 985. The van der Waals surface area contributed by atoms with Crippen LogP contribution in [-0.2, 0) is 19.3 Å². The molecule has 2 aromatic carbocycles. The molecule has 37 heavy (non-hydrogen) atoms. The van der Waals surface area contributed by atoms with Gasteiger partial charge in [-0.25, -0.2) is 0 Å². The van der Waals surface area contributed by atoms with E-state index in [-0.39, 0.29) is 24.0 Å². The molecule has 0 fully saturated rings. The number of ether oxygens (including phenoxy) is 5. The van der Waals surface area contributed by atoms with Gasteiger partial charge in [-0.2, -0.15) is 0 Å². The summed E-state index contributed by atoms with van der Waals surface area (Å²) in [6, 6.07) is 14.5. The smallest absolute Gasteiger partial charge is 0.191 e. The number of rotatable bonds is 13. The Kier molecular flexibility index (Phi) is 10.1. The number of benzene rings is 2. The molecular formula is C30H46O6Si. The number of fused-ring (bicyclic) bond motifs is 1. The molecule has 6 nitrogen and oxygen atoms in total. The van der Waals surface area contributed by atoms with Gasteiger partial charge in [0, 0.05) is 38.2 Å². The molecule has 2 aromatic rings. The number of unbranched alkanes of at least 4 members (excludes halogenated alkanes) is 1. The molecule has 1 aliphatic rings. The average Bonchev–Trinajstić information content (AvgIpc) is 2.86. The van der Waals surface area contributed by atoms with Crippen LogP contribution in [0.3, 0.4) is 0 Å². The van der Waals surface area contributed by atoms with Gasteiger partial charge in [-0.15, -0.1) is 0 Å². The largest absolute Gasteiger partial charge is 0.492 e. The molecular weight excluding hydrogens is 484 g/mol. The number of hydrogen-bond donors (Lipinski definition) is 0. The summed E-state index contributed by atoms with van der Waals surface area (Å²) in [4.78, 5) is 0. The summed E-state index contributed by atoms with van der Waals surface area (Å²) >= 11 is 0. The second-order valence-corrected chi connectivity index (χ2v) is 16.5. The predicted molar refractivity (Wildman–Crippen MR) is 150 cm³/mol. The van der Waals surface area contributed by atoms with E-state index in [4.69, 9.17) is 28.1 Å². The van der Waals surface area contributed by atoms with Gasteiger partial charge in [0.1, 0.15) is 17.2 Å². The van der Waals surface area contributed by atoms with Crippen molar-refractivity contribution in [1.82, 2.24) is 0 Å². The van der Waals surface area contributed by atoms with Crippen molar-refractivity contribution in [3.8, 4) is 17.2 Å². The number of methoxy groups -OCH3 is 2. The first-order valence-electron chi connectivity index (χ1n) is 13.3. The normalized spacial score (nSPS) is 19.7. The highest BCUT2D eigenvalue weighted by molar-refractivity contribution is 6.74. The molecule has 0 saturated heterocycles. The highest BCUT2D eigenvalue weighted by atomic mass is 28.4. The Labute approximate surface area is 224 Å². The lowest BCUT2D eigenvalue weighted by Gasteiger charge is -2.43. The first kappa shape index (κ1) is 29.5. The van der Waals surface area contributed by atoms with Crippen molar-refractivity contribution in [2.45, 2.75) is 76.4 Å². The van der Waals surface area contributed by atoms with E-state index in [1.807, 2.05) is 24.3 Å². The Morgan fingerprint density at radius 2 is 1.54 bits per heavy atom. The summed E-state index contributed by atoms with van der Waals surface area (Å²) in [6.45, 7) is 15.7. The maximum Gasteiger partial charge on any atom is 0.191 e. The molecule has 0 radical (unpaired) electrons. The quantitative estimate of drug-likeness (QED) is 0.154. The maximum absolute atomic E-state index is 6.45. The molecule has 0 amide bonds. The monoisotopic (exact) mass is 530 g/mol. The number of hydrogen-bond acceptors (Lipinski definition) is 6. The standard InChI is InChI=1S/C30H46O6Si/c1-29(2,3)37(7,8)36-18-10-9-11-27-26-17-16-25(35-22-32-6)19-28(26)33-20-30(27,4)23-12-14-24(15-13-23)34-21-31-5/h12-17,19,27H,9-11,18,20-22H2,1-8H3. The molecule has 1 heterocycles. The lowest BCUT2D eigenvalue weighted by Crippen LogP contribution is -2.41. The first-order chi connectivity index (χ1) is 17.5. The van der Waals surface area contributed by atoms with Crippen molar-refractivity contribution >= 4 is 8.32 Å². The highest BCUT2D eigenvalue weighted by Crippen LogP contribution is 2.50. The Morgan fingerprint density at radius 3 is 2.16 bits per heavy atom. The van der Waals surface area contributed by atoms with Crippen LogP contribution in [0, 0.1) is 0 Å². The SMILES string of the molecule is COCOc1ccc(C2(C)COc3cc(OCOC)ccc3C2CCCCO[Si](C)(C)C(C)(C)C)cc1. The van der Waals surface area contributed by atoms with E-state index < -0.39 is 8.32 Å². The van der Waals surface area contributed by atoms with Crippen LogP contribution in [0.4, 0.5) is 0 Å². The fourth-order valence-electron chi connectivity index (χ4n) is 4.63. The first-order valence-corrected chi connectivity index (χ1v) is 16.2. The van der Waals surface area contributed by atoms with Gasteiger partial charge < -0.3 is 28.1 Å². The average molecular weight is 531 g/mol. The zero-order chi connectivity index (χ0) is 27.1. The third-order valence-electron chi connectivity index (χ3n) is 8.01. The van der Waals surface area contributed by atoms with Crippen LogP contribution in [-0.4, -0.2) is 49.3 Å². The minimum atomic E-state index is -1.73. The van der Waals surface area contributed by atoms with Crippen LogP contribution < -0.4 is 14.2 Å². The molecule has 0 N–H and O–H groups in total. The Balaban J connectivity index is 1.79. The van der Waals surface area contributed by atoms with Gasteiger partial charge in [0.05, 0.1) is 6.61 Å². The minimum Gasteiger partial charge on any atom is -0.492 e. The predicted octanol–water partition coefficient (Wildman–Crippen LogP) is 7.28. The molecule has 2 atom stereocenters. The van der Waals surface area contributed by atoms with Crippen molar-refractivity contribution in [2.75, 3.05) is 41.0 Å². The Morgan fingerprint density at radius 1 is 0.919 bits per heavy atom. The zero-order valence-corrected chi connectivity index (χ0v) is 25.0. The lowest BCUT2D eigenvalue weighted by molar-refractivity contribution is 0.0505. The molecule has 0 spiro atoms. The second kappa shape index (κ2) is 12.7. The Hall–Kier alpha value is -2.06. The van der Waals surface area contributed by atoms with E-state index in [1.165, 1.54) is 11.1 Å². The van der Waals surface area contributed by atoms with E-state index in [2.05, 4.69) is 59.0 Å².